The molecule has 1 aromatic rings. The second kappa shape index (κ2) is 6.41. The highest BCUT2D eigenvalue weighted by Crippen LogP contribution is 2.35. The summed E-state index contributed by atoms with van der Waals surface area (Å²) in [6.07, 6.45) is 0.924. The molecule has 0 fully saturated rings. The number of aromatic nitrogens is 2. The molecule has 1 aliphatic heterocycles. The van der Waals surface area contributed by atoms with E-state index in [9.17, 15) is 0 Å². The van der Waals surface area contributed by atoms with Gasteiger partial charge in [0.2, 0.25) is 0 Å². The number of hydrogen-bond donors (Lipinski definition) is 1. The quantitative estimate of drug-likeness (QED) is 0.924. The smallest absolute Gasteiger partial charge is 0.158 e. The third kappa shape index (κ3) is 3.61. The van der Waals surface area contributed by atoms with E-state index in [1.54, 1.807) is 0 Å². The van der Waals surface area contributed by atoms with Gasteiger partial charge in [-0.25, -0.2) is 9.97 Å². The molecule has 1 atom stereocenters. The highest BCUT2D eigenvalue weighted by Gasteiger charge is 2.31. The summed E-state index contributed by atoms with van der Waals surface area (Å²) in [5, 5.41) is 3.43. The van der Waals surface area contributed by atoms with Gasteiger partial charge in [-0.05, 0) is 18.3 Å². The molecular formula is C17H29N3O. The van der Waals surface area contributed by atoms with Gasteiger partial charge in [0.25, 0.3) is 0 Å². The summed E-state index contributed by atoms with van der Waals surface area (Å²) in [6.45, 7) is 15.6. The minimum Gasteiger partial charge on any atom is -0.370 e. The van der Waals surface area contributed by atoms with E-state index in [4.69, 9.17) is 14.7 Å². The fraction of sp³-hybridized carbons (Fsp3) is 0.765. The largest absolute Gasteiger partial charge is 0.370 e. The Balaban J connectivity index is 2.50. The van der Waals surface area contributed by atoms with E-state index in [1.807, 2.05) is 6.92 Å². The lowest BCUT2D eigenvalue weighted by Gasteiger charge is -2.31. The van der Waals surface area contributed by atoms with Gasteiger partial charge < -0.3 is 10.1 Å². The van der Waals surface area contributed by atoms with E-state index in [0.717, 1.165) is 25.3 Å². The molecule has 0 aromatic carbocycles. The fourth-order valence-corrected chi connectivity index (χ4v) is 2.86. The van der Waals surface area contributed by atoms with Gasteiger partial charge in [0, 0.05) is 31.7 Å². The molecule has 118 valence electrons. The Morgan fingerprint density at radius 1 is 1.24 bits per heavy atom. The average Bonchev–Trinajstić information content (AvgIpc) is 2.42. The maximum atomic E-state index is 5.98. The molecule has 0 saturated heterocycles. The van der Waals surface area contributed by atoms with Crippen molar-refractivity contribution in [3.63, 3.8) is 0 Å². The summed E-state index contributed by atoms with van der Waals surface area (Å²) in [5.74, 6) is 1.26. The van der Waals surface area contributed by atoms with Gasteiger partial charge >= 0.3 is 0 Å². The van der Waals surface area contributed by atoms with Crippen LogP contribution in [0, 0.1) is 5.41 Å². The van der Waals surface area contributed by atoms with E-state index in [1.165, 1.54) is 17.0 Å². The third-order valence-electron chi connectivity index (χ3n) is 3.88. The number of hydrogen-bond acceptors (Lipinski definition) is 4. The zero-order chi connectivity index (χ0) is 15.6. The maximum absolute atomic E-state index is 5.98. The number of nitrogens with zero attached hydrogens (tertiary/aromatic N) is 2. The molecule has 2 heterocycles. The fourth-order valence-electron chi connectivity index (χ4n) is 2.86. The van der Waals surface area contributed by atoms with Crippen LogP contribution in [0.5, 0.6) is 0 Å². The van der Waals surface area contributed by atoms with Crippen LogP contribution in [0.1, 0.15) is 76.3 Å². The number of fused-ring (bicyclic) bond motifs is 1. The standard InChI is InChI=1S/C17H29N3O/c1-7-21-15(17(4,5)6)16-19-13-8-9-18-10-12(13)14(20-16)11(2)3/h11,15,18H,7-10H2,1-6H3. The van der Waals surface area contributed by atoms with E-state index < -0.39 is 0 Å². The van der Waals surface area contributed by atoms with Crippen LogP contribution in [0.15, 0.2) is 0 Å². The van der Waals surface area contributed by atoms with Gasteiger partial charge in [-0.15, -0.1) is 0 Å². The van der Waals surface area contributed by atoms with Crippen molar-refractivity contribution in [1.82, 2.24) is 15.3 Å². The van der Waals surface area contributed by atoms with Crippen LogP contribution in [-0.4, -0.2) is 23.1 Å². The first kappa shape index (κ1) is 16.4. The molecule has 0 spiro atoms. The molecule has 0 bridgehead atoms. The van der Waals surface area contributed by atoms with Crippen molar-refractivity contribution in [2.45, 2.75) is 66.5 Å². The Bertz CT molecular complexity index is 492. The molecule has 1 aromatic heterocycles. The summed E-state index contributed by atoms with van der Waals surface area (Å²) < 4.78 is 5.98. The molecule has 2 rings (SSSR count). The van der Waals surface area contributed by atoms with Gasteiger partial charge in [-0.2, -0.15) is 0 Å². The van der Waals surface area contributed by atoms with Crippen molar-refractivity contribution in [2.75, 3.05) is 13.2 Å². The molecule has 0 amide bonds. The Kier molecular flexibility index (Phi) is 4.99. The molecule has 0 radical (unpaired) electrons. The zero-order valence-electron chi connectivity index (χ0n) is 14.3. The summed E-state index contributed by atoms with van der Waals surface area (Å²) in [5.41, 5.74) is 3.67. The predicted molar refractivity (Wildman–Crippen MR) is 85.4 cm³/mol. The van der Waals surface area contributed by atoms with E-state index in [0.29, 0.717) is 12.5 Å². The maximum Gasteiger partial charge on any atom is 0.158 e. The van der Waals surface area contributed by atoms with Crippen molar-refractivity contribution < 1.29 is 4.74 Å². The van der Waals surface area contributed by atoms with E-state index in [2.05, 4.69) is 39.9 Å². The van der Waals surface area contributed by atoms with Crippen LogP contribution in [0.3, 0.4) is 0 Å². The lowest BCUT2D eigenvalue weighted by atomic mass is 9.87. The summed E-state index contributed by atoms with van der Waals surface area (Å²) in [6, 6.07) is 0. The third-order valence-corrected chi connectivity index (χ3v) is 3.88. The van der Waals surface area contributed by atoms with Gasteiger partial charge in [0.15, 0.2) is 5.82 Å². The highest BCUT2D eigenvalue weighted by molar-refractivity contribution is 5.31. The molecule has 0 saturated carbocycles. The van der Waals surface area contributed by atoms with Crippen molar-refractivity contribution in [3.8, 4) is 0 Å². The molecule has 1 unspecified atom stereocenters. The molecule has 1 aliphatic rings. The topological polar surface area (TPSA) is 47.0 Å². The summed E-state index contributed by atoms with van der Waals surface area (Å²) in [4.78, 5) is 9.76. The summed E-state index contributed by atoms with van der Waals surface area (Å²) >= 11 is 0. The van der Waals surface area contributed by atoms with Crippen molar-refractivity contribution in [2.24, 2.45) is 5.41 Å². The van der Waals surface area contributed by atoms with Crippen LogP contribution < -0.4 is 5.32 Å². The molecule has 0 aliphatic carbocycles. The highest BCUT2D eigenvalue weighted by atomic mass is 16.5. The Labute approximate surface area is 128 Å². The number of nitrogens with one attached hydrogen (secondary N) is 1. The lowest BCUT2D eigenvalue weighted by molar-refractivity contribution is -0.0194. The Hall–Kier alpha value is -1.00. The summed E-state index contributed by atoms with van der Waals surface area (Å²) in [7, 11) is 0. The van der Waals surface area contributed by atoms with Crippen LogP contribution in [-0.2, 0) is 17.7 Å². The van der Waals surface area contributed by atoms with Crippen LogP contribution in [0.2, 0.25) is 0 Å². The second-order valence-corrected chi connectivity index (χ2v) is 7.18. The Morgan fingerprint density at radius 2 is 1.95 bits per heavy atom. The molecule has 1 N–H and O–H groups in total. The van der Waals surface area contributed by atoms with Crippen LogP contribution in [0.25, 0.3) is 0 Å². The minimum atomic E-state index is -0.0554. The molecule has 4 nitrogen and oxygen atoms in total. The molecule has 21 heavy (non-hydrogen) atoms. The monoisotopic (exact) mass is 291 g/mol. The van der Waals surface area contributed by atoms with Crippen LogP contribution >= 0.6 is 0 Å². The predicted octanol–water partition coefficient (Wildman–Crippen LogP) is 3.37. The first-order chi connectivity index (χ1) is 9.84. The zero-order valence-corrected chi connectivity index (χ0v) is 14.3. The number of rotatable bonds is 4. The first-order valence-corrected chi connectivity index (χ1v) is 8.06. The first-order valence-electron chi connectivity index (χ1n) is 8.06. The van der Waals surface area contributed by atoms with Crippen molar-refractivity contribution >= 4 is 0 Å². The molecular weight excluding hydrogens is 262 g/mol. The average molecular weight is 291 g/mol. The molecule has 4 heteroatoms. The van der Waals surface area contributed by atoms with Gasteiger partial charge in [0.05, 0.1) is 11.4 Å². The van der Waals surface area contributed by atoms with Crippen LogP contribution in [0.4, 0.5) is 0 Å². The van der Waals surface area contributed by atoms with Gasteiger partial charge in [-0.3, -0.25) is 0 Å². The SMILES string of the molecule is CCOC(c1nc2c(c(C(C)C)n1)CNCC2)C(C)(C)C. The van der Waals surface area contributed by atoms with Gasteiger partial charge in [0.1, 0.15) is 6.10 Å². The second-order valence-electron chi connectivity index (χ2n) is 7.18. The van der Waals surface area contributed by atoms with Gasteiger partial charge in [-0.1, -0.05) is 34.6 Å². The van der Waals surface area contributed by atoms with Crippen molar-refractivity contribution in [3.05, 3.63) is 22.8 Å². The normalized spacial score (nSPS) is 16.9. The number of ether oxygens (including phenoxy) is 1. The minimum absolute atomic E-state index is 0.00852. The Morgan fingerprint density at radius 3 is 2.52 bits per heavy atom. The van der Waals surface area contributed by atoms with E-state index in [-0.39, 0.29) is 11.5 Å². The van der Waals surface area contributed by atoms with Crippen molar-refractivity contribution in [1.29, 1.82) is 0 Å². The van der Waals surface area contributed by atoms with E-state index >= 15 is 0 Å². The lowest BCUT2D eigenvalue weighted by Crippen LogP contribution is -2.30.